The Morgan fingerprint density at radius 3 is 1.33 bits per heavy atom. The second-order valence-electron chi connectivity index (χ2n) is 16.7. The first kappa shape index (κ1) is 56.4. The van der Waals surface area contributed by atoms with Gasteiger partial charge >= 0.3 is 5.97 Å². The molecule has 58 heavy (non-hydrogen) atoms. The van der Waals surface area contributed by atoms with Gasteiger partial charge in [0, 0.05) is 38.6 Å². The van der Waals surface area contributed by atoms with Crippen molar-refractivity contribution in [1.82, 2.24) is 5.32 Å². The van der Waals surface area contributed by atoms with Crippen molar-refractivity contribution in [2.45, 2.75) is 258 Å². The van der Waals surface area contributed by atoms with Gasteiger partial charge in [-0.2, -0.15) is 0 Å². The highest BCUT2D eigenvalue weighted by atomic mass is 31.2. The molecule has 0 aromatic carbocycles. The third-order valence-corrected chi connectivity index (χ3v) is 11.8. The minimum atomic E-state index is -4.78. The van der Waals surface area contributed by atoms with E-state index in [-0.39, 0.29) is 49.9 Å². The van der Waals surface area contributed by atoms with Crippen LogP contribution in [-0.4, -0.2) is 49.3 Å². The van der Waals surface area contributed by atoms with Crippen LogP contribution in [0.15, 0.2) is 0 Å². The fourth-order valence-corrected chi connectivity index (χ4v) is 7.95. The molecule has 0 bridgehead atoms. The van der Waals surface area contributed by atoms with Gasteiger partial charge < -0.3 is 28.8 Å². The van der Waals surface area contributed by atoms with Crippen LogP contribution in [0.25, 0.3) is 0 Å². The van der Waals surface area contributed by atoms with E-state index in [4.69, 9.17) is 13.8 Å². The number of rotatable bonds is 46. The fourth-order valence-electron chi connectivity index (χ4n) is 7.22. The molecular formula is C47H89NO9P-. The van der Waals surface area contributed by atoms with Crippen molar-refractivity contribution in [2.24, 2.45) is 0 Å². The third kappa shape index (κ3) is 42.5. The molecule has 10 nitrogen and oxygen atoms in total. The molecule has 0 rings (SSSR count). The number of phosphoric acid groups is 1. The summed E-state index contributed by atoms with van der Waals surface area (Å²) in [6.45, 7) is 5.08. The van der Waals surface area contributed by atoms with Gasteiger partial charge in [-0.1, -0.05) is 194 Å². The Kier molecular flexibility index (Phi) is 40.9. The van der Waals surface area contributed by atoms with Crippen LogP contribution in [0.1, 0.15) is 252 Å². The van der Waals surface area contributed by atoms with Crippen molar-refractivity contribution in [2.75, 3.05) is 19.8 Å². The lowest BCUT2D eigenvalue weighted by Gasteiger charge is -2.25. The topological polar surface area (TPSA) is 148 Å². The maximum absolute atomic E-state index is 12.9. The molecule has 1 N–H and O–H groups in total. The summed E-state index contributed by atoms with van der Waals surface area (Å²) >= 11 is 0. The lowest BCUT2D eigenvalue weighted by atomic mass is 10.0. The molecule has 0 aromatic heterocycles. The van der Waals surface area contributed by atoms with Gasteiger partial charge in [0.15, 0.2) is 0 Å². The number of ketones is 2. The number of unbranched alkanes of at least 4 members (excludes halogenated alkanes) is 28. The standard InChI is InChI=1S/C47H90NO9P/c1-4-6-8-10-12-14-16-18-20-22-24-26-28-30-32-36-44(50)41-45(42-56-58(53,54)55-40-39-48-46(51)37-34-35-43(3)49)57-47(52)38-33-31-29-27-25-23-21-19-17-15-13-11-9-7-5-2/h45H,4-42H2,1-3H3,(H,48,51)(H,53,54)/p-1. The number of Topliss-reactive ketones (excluding diaryl/α,β-unsaturated/α-hetero) is 2. The maximum atomic E-state index is 12.9. The van der Waals surface area contributed by atoms with Gasteiger partial charge in [0.25, 0.3) is 7.82 Å². The number of carbonyl (C=O) groups is 4. The van der Waals surface area contributed by atoms with Gasteiger partial charge in [0.05, 0.1) is 13.2 Å². The zero-order valence-electron chi connectivity index (χ0n) is 37.8. The lowest BCUT2D eigenvalue weighted by Crippen LogP contribution is -2.29. The Morgan fingerprint density at radius 1 is 0.517 bits per heavy atom. The quantitative estimate of drug-likeness (QED) is 0.0359. The third-order valence-electron chi connectivity index (χ3n) is 10.8. The predicted molar refractivity (Wildman–Crippen MR) is 236 cm³/mol. The van der Waals surface area contributed by atoms with E-state index in [1.807, 2.05) is 0 Å². The zero-order valence-corrected chi connectivity index (χ0v) is 38.7. The van der Waals surface area contributed by atoms with Crippen molar-refractivity contribution >= 4 is 31.3 Å². The molecule has 0 heterocycles. The van der Waals surface area contributed by atoms with E-state index in [9.17, 15) is 28.6 Å². The molecule has 0 spiro atoms. The van der Waals surface area contributed by atoms with E-state index >= 15 is 0 Å². The molecule has 0 saturated heterocycles. The number of nitrogens with one attached hydrogen (secondary N) is 1. The number of hydrogen-bond donors (Lipinski definition) is 1. The summed E-state index contributed by atoms with van der Waals surface area (Å²) in [6, 6.07) is 0. The number of phosphoric ester groups is 1. The number of ether oxygens (including phenoxy) is 1. The normalized spacial score (nSPS) is 13.0. The van der Waals surface area contributed by atoms with Crippen LogP contribution in [0.3, 0.4) is 0 Å². The smallest absolute Gasteiger partial charge is 0.306 e. The van der Waals surface area contributed by atoms with E-state index in [1.54, 1.807) is 0 Å². The summed E-state index contributed by atoms with van der Waals surface area (Å²) in [5.74, 6) is -0.851. The van der Waals surface area contributed by atoms with E-state index < -0.39 is 26.5 Å². The fraction of sp³-hybridized carbons (Fsp3) is 0.915. The Labute approximate surface area is 355 Å². The second kappa shape index (κ2) is 42.1. The number of carbonyl (C=O) groups excluding carboxylic acids is 4. The van der Waals surface area contributed by atoms with Crippen molar-refractivity contribution in [1.29, 1.82) is 0 Å². The van der Waals surface area contributed by atoms with Crippen molar-refractivity contribution < 1.29 is 42.4 Å². The van der Waals surface area contributed by atoms with Crippen molar-refractivity contribution in [3.8, 4) is 0 Å². The molecule has 1 amide bonds. The average Bonchev–Trinajstić information content (AvgIpc) is 3.18. The summed E-state index contributed by atoms with van der Waals surface area (Å²) in [7, 11) is -4.78. The van der Waals surface area contributed by atoms with Crippen molar-refractivity contribution in [3.63, 3.8) is 0 Å². The molecule has 2 unspecified atom stereocenters. The molecule has 342 valence electrons. The SMILES string of the molecule is CCCCCCCCCCCCCCCCCC(=O)CC(COP(=O)([O-])OCCNC(=O)CCCC(C)=O)OC(=O)CCCCCCCCCCCCCCCCC. The van der Waals surface area contributed by atoms with Crippen LogP contribution in [0.5, 0.6) is 0 Å². The highest BCUT2D eigenvalue weighted by molar-refractivity contribution is 7.45. The molecule has 11 heteroatoms. The average molecular weight is 843 g/mol. The van der Waals surface area contributed by atoms with E-state index in [0.29, 0.717) is 25.7 Å². The van der Waals surface area contributed by atoms with Gasteiger partial charge in [-0.3, -0.25) is 18.9 Å². The van der Waals surface area contributed by atoms with Crippen LogP contribution in [0.2, 0.25) is 0 Å². The van der Waals surface area contributed by atoms with Gasteiger partial charge in [0.2, 0.25) is 5.91 Å². The summed E-state index contributed by atoms with van der Waals surface area (Å²) in [5.41, 5.74) is 0. The highest BCUT2D eigenvalue weighted by Gasteiger charge is 2.22. The monoisotopic (exact) mass is 843 g/mol. The first-order valence-electron chi connectivity index (χ1n) is 24.2. The van der Waals surface area contributed by atoms with Gasteiger partial charge in [0.1, 0.15) is 17.7 Å². The molecule has 0 aliphatic rings. The van der Waals surface area contributed by atoms with Crippen LogP contribution < -0.4 is 10.2 Å². The molecule has 0 aliphatic carbocycles. The Hall–Kier alpha value is -1.61. The molecule has 0 fully saturated rings. The summed E-state index contributed by atoms with van der Waals surface area (Å²) in [4.78, 5) is 61.1. The molecule has 0 aromatic rings. The van der Waals surface area contributed by atoms with Crippen LogP contribution in [0, 0.1) is 0 Å². The largest absolute Gasteiger partial charge is 0.756 e. The minimum Gasteiger partial charge on any atom is -0.756 e. The molecule has 0 radical (unpaired) electrons. The van der Waals surface area contributed by atoms with Gasteiger partial charge in [-0.15, -0.1) is 0 Å². The molecule has 0 aliphatic heterocycles. The summed E-state index contributed by atoms with van der Waals surface area (Å²) < 4.78 is 28.0. The Bertz CT molecular complexity index is 992. The number of esters is 1. The Morgan fingerprint density at radius 2 is 0.914 bits per heavy atom. The van der Waals surface area contributed by atoms with Crippen molar-refractivity contribution in [3.05, 3.63) is 0 Å². The van der Waals surface area contributed by atoms with Crippen LogP contribution >= 0.6 is 7.82 Å². The van der Waals surface area contributed by atoms with E-state index in [0.717, 1.165) is 38.5 Å². The first-order chi connectivity index (χ1) is 28.1. The van der Waals surface area contributed by atoms with Gasteiger partial charge in [-0.05, 0) is 26.2 Å². The maximum Gasteiger partial charge on any atom is 0.306 e. The summed E-state index contributed by atoms with van der Waals surface area (Å²) in [5, 5.41) is 2.55. The predicted octanol–water partition coefficient (Wildman–Crippen LogP) is 12.8. The van der Waals surface area contributed by atoms with Gasteiger partial charge in [-0.25, -0.2) is 0 Å². The number of amides is 1. The second-order valence-corrected chi connectivity index (χ2v) is 18.1. The van der Waals surface area contributed by atoms with Crippen LogP contribution in [-0.2, 0) is 37.5 Å². The molecular weight excluding hydrogens is 753 g/mol. The van der Waals surface area contributed by atoms with Crippen LogP contribution in [0.4, 0.5) is 0 Å². The molecule has 2 atom stereocenters. The summed E-state index contributed by atoms with van der Waals surface area (Å²) in [6.07, 6.45) is 37.3. The first-order valence-corrected chi connectivity index (χ1v) is 25.6. The zero-order chi connectivity index (χ0) is 42.8. The van der Waals surface area contributed by atoms with E-state index in [1.165, 1.54) is 155 Å². The lowest BCUT2D eigenvalue weighted by molar-refractivity contribution is -0.228. The minimum absolute atomic E-state index is 0.00121. The Balaban J connectivity index is 4.48. The number of hydrogen-bond acceptors (Lipinski definition) is 9. The highest BCUT2D eigenvalue weighted by Crippen LogP contribution is 2.38. The van der Waals surface area contributed by atoms with E-state index in [2.05, 4.69) is 19.2 Å². The molecule has 0 saturated carbocycles.